The van der Waals surface area contributed by atoms with Gasteiger partial charge in [0.05, 0.1) is 12.8 Å². The summed E-state index contributed by atoms with van der Waals surface area (Å²) < 4.78 is 13.0. The molecular weight excluding hydrogens is 430 g/mol. The van der Waals surface area contributed by atoms with Gasteiger partial charge in [0.15, 0.2) is 11.5 Å². The maximum absolute atomic E-state index is 12.3. The number of hydrogen-bond donors (Lipinski definition) is 1. The van der Waals surface area contributed by atoms with E-state index < -0.39 is 5.91 Å². The normalized spacial score (nSPS) is 10.8. The summed E-state index contributed by atoms with van der Waals surface area (Å²) >= 11 is 6.02. The quantitative estimate of drug-likeness (QED) is 0.387. The van der Waals surface area contributed by atoms with Crippen molar-refractivity contribution in [3.05, 3.63) is 92.9 Å². The second kappa shape index (κ2) is 11.2. The minimum absolute atomic E-state index is 0.0336. The molecule has 32 heavy (non-hydrogen) atoms. The Bertz CT molecular complexity index is 1170. The lowest BCUT2D eigenvalue weighted by molar-refractivity contribution is 0.0953. The third kappa shape index (κ3) is 5.98. The molecule has 0 fully saturated rings. The fourth-order valence-corrected chi connectivity index (χ4v) is 3.18. The molecule has 1 N–H and O–H groups in total. The van der Waals surface area contributed by atoms with Crippen LogP contribution in [0.4, 0.5) is 0 Å². The Morgan fingerprint density at radius 3 is 2.69 bits per heavy atom. The second-order valence-electron chi connectivity index (χ2n) is 6.77. The van der Waals surface area contributed by atoms with Crippen molar-refractivity contribution >= 4 is 23.7 Å². The molecule has 8 heteroatoms. The van der Waals surface area contributed by atoms with Crippen LogP contribution >= 0.6 is 11.6 Å². The minimum Gasteiger partial charge on any atom is -0.490 e. The van der Waals surface area contributed by atoms with E-state index >= 15 is 0 Å². The monoisotopic (exact) mass is 453 g/mol. The van der Waals surface area contributed by atoms with Gasteiger partial charge in [-0.1, -0.05) is 23.7 Å². The molecule has 1 aromatic heterocycles. The lowest BCUT2D eigenvalue weighted by Crippen LogP contribution is -2.30. The Morgan fingerprint density at radius 2 is 1.94 bits per heavy atom. The van der Waals surface area contributed by atoms with Gasteiger partial charge >= 0.3 is 0 Å². The highest BCUT2D eigenvalue weighted by atomic mass is 35.5. The standard InChI is InChI=1S/C24H24ClN3O4/c1-3-28-12-6-9-20(24(28)30)23(29)27-26-15-17-10-11-21(22(14-17)31-4-2)32-16-18-7-5-8-19(25)13-18/h5-15H,3-4,16H2,1-2H3,(H,27,29)/b26-15-. The van der Waals surface area contributed by atoms with Gasteiger partial charge in [-0.2, -0.15) is 5.10 Å². The summed E-state index contributed by atoms with van der Waals surface area (Å²) in [4.78, 5) is 24.5. The van der Waals surface area contributed by atoms with E-state index in [1.165, 1.54) is 16.8 Å². The zero-order valence-electron chi connectivity index (χ0n) is 17.9. The molecule has 1 amide bonds. The Balaban J connectivity index is 1.69. The number of nitrogens with one attached hydrogen (secondary N) is 1. The van der Waals surface area contributed by atoms with Gasteiger partial charge in [-0.05, 0) is 67.4 Å². The number of rotatable bonds is 9. The van der Waals surface area contributed by atoms with E-state index in [-0.39, 0.29) is 11.1 Å². The fraction of sp³-hybridized carbons (Fsp3) is 0.208. The zero-order chi connectivity index (χ0) is 22.9. The average Bonchev–Trinajstić information content (AvgIpc) is 2.79. The molecular formula is C24H24ClN3O4. The summed E-state index contributed by atoms with van der Waals surface area (Å²) in [6.45, 7) is 5.00. The molecule has 0 radical (unpaired) electrons. The Hall–Kier alpha value is -3.58. The molecule has 0 bridgehead atoms. The van der Waals surface area contributed by atoms with E-state index in [4.69, 9.17) is 21.1 Å². The van der Waals surface area contributed by atoms with Crippen molar-refractivity contribution in [3.63, 3.8) is 0 Å². The first-order chi connectivity index (χ1) is 15.5. The van der Waals surface area contributed by atoms with Crippen LogP contribution in [0.15, 0.2) is 70.7 Å². The third-order valence-corrected chi connectivity index (χ3v) is 4.77. The number of carbonyl (C=O) groups excluding carboxylic acids is 1. The molecule has 0 saturated carbocycles. The minimum atomic E-state index is -0.569. The molecule has 3 rings (SSSR count). The number of benzene rings is 2. The fourth-order valence-electron chi connectivity index (χ4n) is 2.96. The molecule has 0 unspecified atom stereocenters. The molecule has 0 spiro atoms. The van der Waals surface area contributed by atoms with Crippen LogP contribution in [0.2, 0.25) is 5.02 Å². The van der Waals surface area contributed by atoms with E-state index in [9.17, 15) is 9.59 Å². The zero-order valence-corrected chi connectivity index (χ0v) is 18.6. The molecule has 0 atom stereocenters. The molecule has 0 saturated heterocycles. The summed E-state index contributed by atoms with van der Waals surface area (Å²) in [7, 11) is 0. The van der Waals surface area contributed by atoms with E-state index in [0.717, 1.165) is 5.56 Å². The number of ether oxygens (including phenoxy) is 2. The van der Waals surface area contributed by atoms with Crippen LogP contribution in [0.5, 0.6) is 11.5 Å². The highest BCUT2D eigenvalue weighted by Crippen LogP contribution is 2.29. The number of aromatic nitrogens is 1. The maximum Gasteiger partial charge on any atom is 0.276 e. The summed E-state index contributed by atoms with van der Waals surface area (Å²) in [5, 5.41) is 4.61. The lowest BCUT2D eigenvalue weighted by atomic mass is 10.2. The van der Waals surface area contributed by atoms with Crippen molar-refractivity contribution < 1.29 is 14.3 Å². The van der Waals surface area contributed by atoms with Crippen molar-refractivity contribution in [2.75, 3.05) is 6.61 Å². The first kappa shape index (κ1) is 23.1. The summed E-state index contributed by atoms with van der Waals surface area (Å²) in [5.74, 6) is 0.566. The van der Waals surface area contributed by atoms with Gasteiger partial charge in [-0.15, -0.1) is 0 Å². The Morgan fingerprint density at radius 1 is 1.09 bits per heavy atom. The molecule has 1 heterocycles. The van der Waals surface area contributed by atoms with Crippen LogP contribution in [-0.4, -0.2) is 23.3 Å². The highest BCUT2D eigenvalue weighted by molar-refractivity contribution is 6.30. The summed E-state index contributed by atoms with van der Waals surface area (Å²) in [6, 6.07) is 15.9. The lowest BCUT2D eigenvalue weighted by Gasteiger charge is -2.12. The van der Waals surface area contributed by atoms with Crippen molar-refractivity contribution in [2.24, 2.45) is 5.10 Å². The van der Waals surface area contributed by atoms with Gasteiger partial charge in [0, 0.05) is 17.8 Å². The van der Waals surface area contributed by atoms with Crippen molar-refractivity contribution in [1.29, 1.82) is 0 Å². The maximum atomic E-state index is 12.3. The highest BCUT2D eigenvalue weighted by Gasteiger charge is 2.11. The topological polar surface area (TPSA) is 81.9 Å². The number of amides is 1. The number of nitrogens with zero attached hydrogens (tertiary/aromatic N) is 2. The van der Waals surface area contributed by atoms with Crippen LogP contribution < -0.4 is 20.5 Å². The Kier molecular flexibility index (Phi) is 8.05. The number of hydrogen-bond acceptors (Lipinski definition) is 5. The number of carbonyl (C=O) groups is 1. The van der Waals surface area contributed by atoms with Crippen molar-refractivity contribution in [1.82, 2.24) is 9.99 Å². The van der Waals surface area contributed by atoms with Gasteiger partial charge in [0.2, 0.25) is 0 Å². The molecule has 166 valence electrons. The van der Waals surface area contributed by atoms with Crippen LogP contribution in [0.1, 0.15) is 35.3 Å². The first-order valence-electron chi connectivity index (χ1n) is 10.2. The number of hydrazone groups is 1. The van der Waals surface area contributed by atoms with E-state index in [1.807, 2.05) is 32.0 Å². The number of halogens is 1. The van der Waals surface area contributed by atoms with Crippen molar-refractivity contribution in [2.45, 2.75) is 27.0 Å². The van der Waals surface area contributed by atoms with Gasteiger partial charge in [-0.3, -0.25) is 9.59 Å². The predicted octanol–water partition coefficient (Wildman–Crippen LogP) is 4.26. The molecule has 0 aliphatic carbocycles. The van der Waals surface area contributed by atoms with Gasteiger partial charge in [0.25, 0.3) is 11.5 Å². The van der Waals surface area contributed by atoms with E-state index in [2.05, 4.69) is 10.5 Å². The number of aryl methyl sites for hydroxylation is 1. The van der Waals surface area contributed by atoms with Crippen LogP contribution in [0.3, 0.4) is 0 Å². The molecule has 7 nitrogen and oxygen atoms in total. The largest absolute Gasteiger partial charge is 0.490 e. The van der Waals surface area contributed by atoms with Crippen LogP contribution in [0, 0.1) is 0 Å². The van der Waals surface area contributed by atoms with Crippen LogP contribution in [-0.2, 0) is 13.2 Å². The molecule has 0 aliphatic rings. The Labute approximate surface area is 191 Å². The molecule has 0 aliphatic heterocycles. The smallest absolute Gasteiger partial charge is 0.276 e. The third-order valence-electron chi connectivity index (χ3n) is 4.54. The predicted molar refractivity (Wildman–Crippen MR) is 125 cm³/mol. The van der Waals surface area contributed by atoms with Crippen LogP contribution in [0.25, 0.3) is 0 Å². The SMILES string of the molecule is CCOc1cc(/C=N\NC(=O)c2cccn(CC)c2=O)ccc1OCc1cccc(Cl)c1. The first-order valence-corrected chi connectivity index (χ1v) is 10.6. The summed E-state index contributed by atoms with van der Waals surface area (Å²) in [5.41, 5.74) is 3.70. The van der Waals surface area contributed by atoms with Gasteiger partial charge in [0.1, 0.15) is 12.2 Å². The van der Waals surface area contributed by atoms with E-state index in [1.54, 1.807) is 36.5 Å². The molecule has 2 aromatic carbocycles. The average molecular weight is 454 g/mol. The van der Waals surface area contributed by atoms with E-state index in [0.29, 0.717) is 41.8 Å². The van der Waals surface area contributed by atoms with Crippen molar-refractivity contribution in [3.8, 4) is 11.5 Å². The second-order valence-corrected chi connectivity index (χ2v) is 7.21. The van der Waals surface area contributed by atoms with Gasteiger partial charge < -0.3 is 14.0 Å². The molecule has 3 aromatic rings. The number of pyridine rings is 1. The summed E-state index contributed by atoms with van der Waals surface area (Å²) in [6.07, 6.45) is 3.11. The van der Waals surface area contributed by atoms with Gasteiger partial charge in [-0.25, -0.2) is 5.43 Å².